The number of hydrogen-bond acceptors (Lipinski definition) is 6. The Morgan fingerprint density at radius 2 is 1.17 bits per heavy atom. The molecule has 0 fully saturated rings. The van der Waals surface area contributed by atoms with Crippen molar-refractivity contribution < 1.29 is 34.2 Å². The molecule has 0 aliphatic carbocycles. The van der Waals surface area contributed by atoms with Crippen LogP contribution in [0.25, 0.3) is 0 Å². The SMILES string of the molecule is CC(C)C(N)C(=O)NC(CC(=O)O)C(=O)NC(C(=O)NC(C(=O)O)C(C)C)C(C)C. The van der Waals surface area contributed by atoms with Gasteiger partial charge in [-0.3, -0.25) is 19.2 Å². The van der Waals surface area contributed by atoms with E-state index >= 15 is 0 Å². The zero-order valence-electron chi connectivity index (χ0n) is 18.3. The molecule has 4 atom stereocenters. The Balaban J connectivity index is 5.46. The Labute approximate surface area is 176 Å². The minimum Gasteiger partial charge on any atom is -0.481 e. The molecule has 0 aromatic rings. The highest BCUT2D eigenvalue weighted by Gasteiger charge is 2.33. The van der Waals surface area contributed by atoms with Gasteiger partial charge in [-0.1, -0.05) is 41.5 Å². The molecule has 0 heterocycles. The Hall–Kier alpha value is -2.69. The summed E-state index contributed by atoms with van der Waals surface area (Å²) >= 11 is 0. The lowest BCUT2D eigenvalue weighted by Crippen LogP contribution is -2.59. The number of rotatable bonds is 12. The van der Waals surface area contributed by atoms with E-state index in [9.17, 15) is 29.1 Å². The predicted molar refractivity (Wildman–Crippen MR) is 108 cm³/mol. The number of carboxylic acid groups (broad SMARTS) is 2. The number of aliphatic carboxylic acids is 2. The second-order valence-electron chi connectivity index (χ2n) is 8.23. The van der Waals surface area contributed by atoms with Gasteiger partial charge >= 0.3 is 11.9 Å². The lowest BCUT2D eigenvalue weighted by atomic mass is 9.99. The summed E-state index contributed by atoms with van der Waals surface area (Å²) in [5.74, 6) is -5.91. The van der Waals surface area contributed by atoms with E-state index in [1.165, 1.54) is 0 Å². The molecule has 0 saturated heterocycles. The molecular formula is C19H34N4O7. The highest BCUT2D eigenvalue weighted by molar-refractivity contribution is 5.95. The monoisotopic (exact) mass is 430 g/mol. The molecule has 0 radical (unpaired) electrons. The molecule has 0 rings (SSSR count). The standard InChI is InChI=1S/C19H34N4O7/c1-8(2)13(20)17(27)21-11(7-12(24)25)16(26)22-14(9(3)4)18(28)23-15(10(5)6)19(29)30/h8-11,13-15H,7,20H2,1-6H3,(H,21,27)(H,22,26)(H,23,28)(H,24,25)(H,29,30). The van der Waals surface area contributed by atoms with Crippen molar-refractivity contribution in [2.75, 3.05) is 0 Å². The summed E-state index contributed by atoms with van der Waals surface area (Å²) in [6, 6.07) is -4.69. The number of nitrogens with one attached hydrogen (secondary N) is 3. The maximum Gasteiger partial charge on any atom is 0.326 e. The highest BCUT2D eigenvalue weighted by Crippen LogP contribution is 2.08. The van der Waals surface area contributed by atoms with Crippen LogP contribution in [0, 0.1) is 17.8 Å². The highest BCUT2D eigenvalue weighted by atomic mass is 16.4. The fourth-order valence-electron chi connectivity index (χ4n) is 2.50. The molecule has 0 aliphatic heterocycles. The van der Waals surface area contributed by atoms with Crippen LogP contribution in [0.5, 0.6) is 0 Å². The third-order valence-corrected chi connectivity index (χ3v) is 4.51. The van der Waals surface area contributed by atoms with Crippen molar-refractivity contribution in [3.63, 3.8) is 0 Å². The normalized spacial score (nSPS) is 15.3. The number of amides is 3. The quantitative estimate of drug-likeness (QED) is 0.234. The fourth-order valence-corrected chi connectivity index (χ4v) is 2.50. The van der Waals surface area contributed by atoms with Gasteiger partial charge in [-0.2, -0.15) is 0 Å². The van der Waals surface area contributed by atoms with E-state index in [2.05, 4.69) is 16.0 Å². The summed E-state index contributed by atoms with van der Waals surface area (Å²) in [6.07, 6.45) is -0.710. The van der Waals surface area contributed by atoms with Crippen LogP contribution in [0.1, 0.15) is 48.0 Å². The molecule has 0 bridgehead atoms. The van der Waals surface area contributed by atoms with Gasteiger partial charge in [0.25, 0.3) is 0 Å². The van der Waals surface area contributed by atoms with Gasteiger partial charge < -0.3 is 31.9 Å². The van der Waals surface area contributed by atoms with Crippen molar-refractivity contribution in [1.82, 2.24) is 16.0 Å². The maximum atomic E-state index is 12.7. The average molecular weight is 431 g/mol. The zero-order chi connectivity index (χ0) is 23.8. The molecule has 7 N–H and O–H groups in total. The van der Waals surface area contributed by atoms with Gasteiger partial charge in [0.1, 0.15) is 18.1 Å². The van der Waals surface area contributed by atoms with Crippen LogP contribution in [0.3, 0.4) is 0 Å². The smallest absolute Gasteiger partial charge is 0.326 e. The first kappa shape index (κ1) is 27.3. The van der Waals surface area contributed by atoms with Crippen LogP contribution >= 0.6 is 0 Å². The molecule has 0 aromatic carbocycles. The lowest BCUT2D eigenvalue weighted by molar-refractivity contribution is -0.144. The zero-order valence-corrected chi connectivity index (χ0v) is 18.3. The van der Waals surface area contributed by atoms with Crippen LogP contribution in [-0.4, -0.2) is 64.0 Å². The molecule has 30 heavy (non-hydrogen) atoms. The first-order valence-electron chi connectivity index (χ1n) is 9.80. The molecular weight excluding hydrogens is 396 g/mol. The van der Waals surface area contributed by atoms with Gasteiger partial charge in [-0.25, -0.2) is 4.79 Å². The molecule has 0 saturated carbocycles. The van der Waals surface area contributed by atoms with E-state index in [-0.39, 0.29) is 5.92 Å². The lowest BCUT2D eigenvalue weighted by Gasteiger charge is -2.27. The summed E-state index contributed by atoms with van der Waals surface area (Å²) in [7, 11) is 0. The second kappa shape index (κ2) is 12.1. The third-order valence-electron chi connectivity index (χ3n) is 4.51. The Kier molecular flexibility index (Phi) is 11.0. The Bertz CT molecular complexity index is 649. The maximum absolute atomic E-state index is 12.7. The number of hydrogen-bond donors (Lipinski definition) is 6. The predicted octanol–water partition coefficient (Wildman–Crippen LogP) is -0.705. The second-order valence-corrected chi connectivity index (χ2v) is 8.23. The average Bonchev–Trinajstić information content (AvgIpc) is 2.60. The van der Waals surface area contributed by atoms with E-state index in [0.717, 1.165) is 0 Å². The number of carbonyl (C=O) groups excluding carboxylic acids is 3. The van der Waals surface area contributed by atoms with Gasteiger partial charge in [-0.15, -0.1) is 0 Å². The van der Waals surface area contributed by atoms with Gasteiger partial charge in [-0.05, 0) is 17.8 Å². The van der Waals surface area contributed by atoms with Gasteiger partial charge in [0, 0.05) is 0 Å². The third kappa shape index (κ3) is 8.76. The Morgan fingerprint density at radius 1 is 0.700 bits per heavy atom. The molecule has 172 valence electrons. The largest absolute Gasteiger partial charge is 0.481 e. The van der Waals surface area contributed by atoms with Crippen LogP contribution in [-0.2, 0) is 24.0 Å². The van der Waals surface area contributed by atoms with E-state index in [1.807, 2.05) is 0 Å². The fraction of sp³-hybridized carbons (Fsp3) is 0.737. The minimum absolute atomic E-state index is 0.239. The molecule has 0 aromatic heterocycles. The van der Waals surface area contributed by atoms with Crippen LogP contribution in [0.2, 0.25) is 0 Å². The van der Waals surface area contributed by atoms with Crippen LogP contribution in [0.4, 0.5) is 0 Å². The summed E-state index contributed by atoms with van der Waals surface area (Å²) in [5.41, 5.74) is 5.74. The van der Waals surface area contributed by atoms with E-state index < -0.39 is 72.1 Å². The number of nitrogens with two attached hydrogens (primary N) is 1. The molecule has 11 heteroatoms. The van der Waals surface area contributed by atoms with E-state index in [1.54, 1.807) is 41.5 Å². The molecule has 11 nitrogen and oxygen atoms in total. The molecule has 3 amide bonds. The van der Waals surface area contributed by atoms with Crippen molar-refractivity contribution >= 4 is 29.7 Å². The summed E-state index contributed by atoms with van der Waals surface area (Å²) in [5, 5.41) is 25.4. The summed E-state index contributed by atoms with van der Waals surface area (Å²) in [6.45, 7) is 9.91. The summed E-state index contributed by atoms with van der Waals surface area (Å²) < 4.78 is 0. The van der Waals surface area contributed by atoms with E-state index in [0.29, 0.717) is 0 Å². The van der Waals surface area contributed by atoms with Crippen LogP contribution < -0.4 is 21.7 Å². The van der Waals surface area contributed by atoms with Crippen molar-refractivity contribution in [3.05, 3.63) is 0 Å². The van der Waals surface area contributed by atoms with Crippen molar-refractivity contribution in [3.8, 4) is 0 Å². The van der Waals surface area contributed by atoms with Crippen molar-refractivity contribution in [2.45, 2.75) is 72.1 Å². The van der Waals surface area contributed by atoms with Crippen LogP contribution in [0.15, 0.2) is 0 Å². The van der Waals surface area contributed by atoms with Gasteiger partial charge in [0.15, 0.2) is 0 Å². The summed E-state index contributed by atoms with van der Waals surface area (Å²) in [4.78, 5) is 59.9. The van der Waals surface area contributed by atoms with Gasteiger partial charge in [0.2, 0.25) is 17.7 Å². The minimum atomic E-state index is -1.45. The molecule has 0 spiro atoms. The Morgan fingerprint density at radius 3 is 1.53 bits per heavy atom. The van der Waals surface area contributed by atoms with Crippen molar-refractivity contribution in [2.24, 2.45) is 23.5 Å². The number of carboxylic acids is 2. The number of carbonyl (C=O) groups is 5. The molecule has 4 unspecified atom stereocenters. The first-order chi connectivity index (χ1) is 13.7. The molecule has 0 aliphatic rings. The van der Waals surface area contributed by atoms with Gasteiger partial charge in [0.05, 0.1) is 12.5 Å². The van der Waals surface area contributed by atoms with E-state index in [4.69, 9.17) is 10.8 Å². The first-order valence-corrected chi connectivity index (χ1v) is 9.80. The van der Waals surface area contributed by atoms with Crippen molar-refractivity contribution in [1.29, 1.82) is 0 Å². The topological polar surface area (TPSA) is 188 Å².